The molecule has 2 amide bonds. The maximum Gasteiger partial charge on any atom is 3.00 e. The first kappa shape index (κ1) is 36.0. The zero-order valence-corrected chi connectivity index (χ0v) is 13.1. The van der Waals surface area contributed by atoms with Crippen LogP contribution in [0, 0.1) is 0 Å². The fourth-order valence-electron chi connectivity index (χ4n) is 0.454. The van der Waals surface area contributed by atoms with E-state index in [4.69, 9.17) is 11.5 Å². The minimum absolute atomic E-state index is 0. The predicted octanol–water partition coefficient (Wildman–Crippen LogP) is -6.26. The van der Waals surface area contributed by atoms with Gasteiger partial charge in [-0.05, 0) is 12.8 Å². The van der Waals surface area contributed by atoms with Gasteiger partial charge in [-0.2, -0.15) is 0 Å². The van der Waals surface area contributed by atoms with E-state index in [-0.39, 0.29) is 58.9 Å². The third kappa shape index (κ3) is 62.4. The Morgan fingerprint density at radius 3 is 1.00 bits per heavy atom. The van der Waals surface area contributed by atoms with E-state index < -0.39 is 11.8 Å². The van der Waals surface area contributed by atoms with Gasteiger partial charge in [0.05, 0.1) is 0 Å². The van der Waals surface area contributed by atoms with Gasteiger partial charge < -0.3 is 58.3 Å². The first-order valence-electron chi connectivity index (χ1n) is 4.03. The second-order valence-corrected chi connectivity index (χ2v) is 2.35. The average molecular weight is 326 g/mol. The number of hydrogen-bond donors (Lipinski definition) is 0. The van der Waals surface area contributed by atoms with E-state index >= 15 is 0 Å². The van der Waals surface area contributed by atoms with Crippen molar-refractivity contribution in [3.63, 3.8) is 0 Å². The van der Waals surface area contributed by atoms with Gasteiger partial charge in [0.2, 0.25) is 0 Å². The van der Waals surface area contributed by atoms with E-state index in [9.17, 15) is 9.59 Å². The molecule has 0 aliphatic carbocycles. The van der Waals surface area contributed by atoms with Crippen molar-refractivity contribution in [1.29, 1.82) is 0 Å². The fourth-order valence-corrected chi connectivity index (χ4v) is 0.454. The smallest absolute Gasteiger partial charge is 1.00 e. The van der Waals surface area contributed by atoms with Crippen LogP contribution in [0.2, 0.25) is 0 Å². The fraction of sp³-hybridized carbons (Fsp3) is 0.750. The molecule has 8 heteroatoms. The van der Waals surface area contributed by atoms with Gasteiger partial charge in [0.1, 0.15) is 0 Å². The molecule has 97 valence electrons. The molecule has 0 aromatic carbocycles. The number of hydrogen-bond acceptors (Lipinski definition) is 2. The Hall–Kier alpha value is 0.524. The Morgan fingerprint density at radius 1 is 0.812 bits per heavy atom. The quantitative estimate of drug-likeness (QED) is 0.482. The Morgan fingerprint density at radius 2 is 1.00 bits per heavy atom. The van der Waals surface area contributed by atoms with Gasteiger partial charge >= 0.3 is 21.7 Å². The average Bonchev–Trinajstić information content (AvgIpc) is 1.87. The van der Waals surface area contributed by atoms with E-state index in [0.717, 1.165) is 12.8 Å². The SMILES string of the molecule is CCCC([NH-])=O.CCCC([NH-])=O.[Cl-].[Cl-].[Cl-].[Ti+3]. The molecule has 16 heavy (non-hydrogen) atoms. The summed E-state index contributed by atoms with van der Waals surface area (Å²) in [4.78, 5) is 19.4. The van der Waals surface area contributed by atoms with Gasteiger partial charge in [0.15, 0.2) is 0 Å². The number of carbonyl (C=O) groups is 2. The molecule has 0 aliphatic heterocycles. The molecule has 0 heterocycles. The van der Waals surface area contributed by atoms with Crippen molar-refractivity contribution in [2.45, 2.75) is 39.5 Å². The van der Waals surface area contributed by atoms with Crippen LogP contribution in [-0.4, -0.2) is 11.8 Å². The molecule has 0 spiro atoms. The number of nitrogens with one attached hydrogen (secondary N) is 2. The largest absolute Gasteiger partial charge is 3.00 e. The molecule has 0 saturated carbocycles. The zero-order chi connectivity index (χ0) is 9.98. The molecule has 0 bridgehead atoms. The van der Waals surface area contributed by atoms with Crippen LogP contribution >= 0.6 is 0 Å². The Kier molecular flexibility index (Phi) is 66.4. The molecule has 0 rings (SSSR count). The summed E-state index contributed by atoms with van der Waals surface area (Å²) in [5.74, 6) is -0.921. The van der Waals surface area contributed by atoms with E-state index in [0.29, 0.717) is 12.8 Å². The van der Waals surface area contributed by atoms with Crippen molar-refractivity contribution in [3.05, 3.63) is 11.5 Å². The molecular formula is C8H16Cl3N2O2Ti-2. The third-order valence-corrected chi connectivity index (χ3v) is 0.954. The summed E-state index contributed by atoms with van der Waals surface area (Å²) in [7, 11) is 0. The van der Waals surface area contributed by atoms with Crippen molar-refractivity contribution in [2.24, 2.45) is 0 Å². The second-order valence-electron chi connectivity index (χ2n) is 2.35. The first-order valence-corrected chi connectivity index (χ1v) is 4.03. The van der Waals surface area contributed by atoms with Gasteiger partial charge in [0.25, 0.3) is 0 Å². The predicted molar refractivity (Wildman–Crippen MR) is 48.5 cm³/mol. The molecule has 2 N–H and O–H groups in total. The molecule has 0 atom stereocenters. The minimum Gasteiger partial charge on any atom is -1.00 e. The van der Waals surface area contributed by atoms with Crippen LogP contribution in [0.3, 0.4) is 0 Å². The number of carbonyl (C=O) groups excluding carboxylic acids is 2. The summed E-state index contributed by atoms with van der Waals surface area (Å²) in [6.45, 7) is 3.76. The van der Waals surface area contributed by atoms with Gasteiger partial charge in [-0.15, -0.1) is 0 Å². The topological polar surface area (TPSA) is 81.7 Å². The molecular weight excluding hydrogens is 310 g/mol. The molecule has 0 saturated heterocycles. The Balaban J connectivity index is -0.0000000250. The maximum atomic E-state index is 9.71. The van der Waals surface area contributed by atoms with Gasteiger partial charge in [-0.3, -0.25) is 0 Å². The number of rotatable bonds is 4. The standard InChI is InChI=1S/2C4H9NO.3ClH.Ti/c2*1-2-3-4(5)6;;;;/h2*2-3H2,1H3,(H2,5,6);3*1H;/q;;;;;+3/p-5. The van der Waals surface area contributed by atoms with Crippen molar-refractivity contribution in [3.8, 4) is 0 Å². The summed E-state index contributed by atoms with van der Waals surface area (Å²) < 4.78 is 0. The van der Waals surface area contributed by atoms with Crippen molar-refractivity contribution >= 4 is 11.8 Å². The van der Waals surface area contributed by atoms with Crippen molar-refractivity contribution < 1.29 is 68.5 Å². The van der Waals surface area contributed by atoms with E-state index in [1.54, 1.807) is 0 Å². The second kappa shape index (κ2) is 29.6. The third-order valence-electron chi connectivity index (χ3n) is 0.954. The first-order chi connectivity index (χ1) is 5.54. The maximum absolute atomic E-state index is 9.71. The van der Waals surface area contributed by atoms with E-state index in [2.05, 4.69) is 0 Å². The van der Waals surface area contributed by atoms with E-state index in [1.807, 2.05) is 13.8 Å². The molecule has 1 radical (unpaired) electrons. The molecule has 0 aromatic heterocycles. The summed E-state index contributed by atoms with van der Waals surface area (Å²) in [6.07, 6.45) is 2.39. The van der Waals surface area contributed by atoms with Crippen LogP contribution in [0.1, 0.15) is 39.5 Å². The van der Waals surface area contributed by atoms with Crippen LogP contribution < -0.4 is 37.2 Å². The van der Waals surface area contributed by atoms with Crippen LogP contribution in [-0.2, 0) is 31.3 Å². The monoisotopic (exact) mass is 325 g/mol. The molecule has 0 unspecified atom stereocenters. The summed E-state index contributed by atoms with van der Waals surface area (Å²) >= 11 is 0. The summed E-state index contributed by atoms with van der Waals surface area (Å²) in [5.41, 5.74) is 12.7. The van der Waals surface area contributed by atoms with Crippen molar-refractivity contribution in [1.82, 2.24) is 0 Å². The molecule has 4 nitrogen and oxygen atoms in total. The number of halogens is 3. The van der Waals surface area contributed by atoms with Gasteiger partial charge in [-0.25, -0.2) is 0 Å². The summed E-state index contributed by atoms with van der Waals surface area (Å²) in [5, 5.41) is 0. The van der Waals surface area contributed by atoms with Crippen LogP contribution in [0.15, 0.2) is 0 Å². The van der Waals surface area contributed by atoms with Gasteiger partial charge in [-0.1, -0.05) is 26.7 Å². The van der Waals surface area contributed by atoms with E-state index in [1.165, 1.54) is 0 Å². The molecule has 0 fully saturated rings. The minimum atomic E-state index is -0.461. The zero-order valence-electron chi connectivity index (χ0n) is 9.28. The van der Waals surface area contributed by atoms with Crippen molar-refractivity contribution in [2.75, 3.05) is 0 Å². The normalized spacial score (nSPS) is 6.12. The molecule has 0 aliphatic rings. The Labute approximate surface area is 131 Å². The summed E-state index contributed by atoms with van der Waals surface area (Å²) in [6, 6.07) is 0. The van der Waals surface area contributed by atoms with Gasteiger partial charge in [0, 0.05) is 11.8 Å². The molecule has 0 aromatic rings. The van der Waals surface area contributed by atoms with Crippen LogP contribution in [0.4, 0.5) is 0 Å². The number of amides is 2. The Bertz CT molecular complexity index is 135. The van der Waals surface area contributed by atoms with Crippen LogP contribution in [0.5, 0.6) is 0 Å². The van der Waals surface area contributed by atoms with Crippen LogP contribution in [0.25, 0.3) is 11.5 Å².